The number of furan rings is 1. The van der Waals surface area contributed by atoms with Crippen molar-refractivity contribution in [3.8, 4) is 11.3 Å². The van der Waals surface area contributed by atoms with Crippen LogP contribution in [0.1, 0.15) is 15.4 Å². The van der Waals surface area contributed by atoms with Crippen molar-refractivity contribution in [2.45, 2.75) is 0 Å². The Morgan fingerprint density at radius 2 is 1.85 bits per heavy atom. The van der Waals surface area contributed by atoms with Gasteiger partial charge in [0.25, 0.3) is 0 Å². The third-order valence-electron chi connectivity index (χ3n) is 2.85. The average molecular weight is 280 g/mol. The maximum Gasteiger partial charge on any atom is 0.195 e. The molecule has 98 valence electrons. The van der Waals surface area contributed by atoms with Gasteiger partial charge in [-0.3, -0.25) is 4.79 Å². The van der Waals surface area contributed by atoms with Gasteiger partial charge in [-0.25, -0.2) is 0 Å². The van der Waals surface area contributed by atoms with Crippen LogP contribution in [0.4, 0.5) is 0 Å². The molecule has 1 aromatic carbocycles. The molecular weight excluding hydrogens is 268 g/mol. The Kier molecular flexibility index (Phi) is 3.61. The second-order valence-electron chi connectivity index (χ2n) is 4.24. The van der Waals surface area contributed by atoms with Gasteiger partial charge >= 0.3 is 0 Å². The molecule has 0 aliphatic heterocycles. The van der Waals surface area contributed by atoms with E-state index in [1.54, 1.807) is 12.2 Å². The van der Waals surface area contributed by atoms with Crippen LogP contribution in [0.25, 0.3) is 17.4 Å². The second kappa shape index (κ2) is 5.72. The second-order valence-corrected chi connectivity index (χ2v) is 5.19. The van der Waals surface area contributed by atoms with Gasteiger partial charge < -0.3 is 4.42 Å². The first-order valence-corrected chi connectivity index (χ1v) is 7.12. The zero-order chi connectivity index (χ0) is 13.8. The van der Waals surface area contributed by atoms with E-state index in [-0.39, 0.29) is 5.78 Å². The number of hydrogen-bond donors (Lipinski definition) is 0. The van der Waals surface area contributed by atoms with Gasteiger partial charge in [0.15, 0.2) is 5.78 Å². The highest BCUT2D eigenvalue weighted by atomic mass is 32.1. The van der Waals surface area contributed by atoms with E-state index >= 15 is 0 Å². The van der Waals surface area contributed by atoms with Crippen LogP contribution in [-0.2, 0) is 0 Å². The van der Waals surface area contributed by atoms with Gasteiger partial charge in [0.1, 0.15) is 11.5 Å². The van der Waals surface area contributed by atoms with Crippen molar-refractivity contribution in [1.82, 2.24) is 0 Å². The highest BCUT2D eigenvalue weighted by Crippen LogP contribution is 2.22. The first-order valence-electron chi connectivity index (χ1n) is 6.24. The molecule has 2 heterocycles. The number of thiophene rings is 1. The largest absolute Gasteiger partial charge is 0.457 e. The lowest BCUT2D eigenvalue weighted by molar-refractivity contribution is 0.105. The molecule has 0 saturated heterocycles. The first-order chi connectivity index (χ1) is 9.83. The van der Waals surface area contributed by atoms with Gasteiger partial charge in [0.05, 0.1) is 4.88 Å². The Balaban J connectivity index is 1.76. The SMILES string of the molecule is O=C(/C=C/c1ccc(-c2ccccc2)o1)c1cccs1. The van der Waals surface area contributed by atoms with Crippen molar-refractivity contribution in [2.24, 2.45) is 0 Å². The summed E-state index contributed by atoms with van der Waals surface area (Å²) >= 11 is 1.44. The van der Waals surface area contributed by atoms with Gasteiger partial charge in [-0.05, 0) is 35.7 Å². The molecule has 0 fully saturated rings. The molecule has 2 nitrogen and oxygen atoms in total. The van der Waals surface area contributed by atoms with Gasteiger partial charge in [0, 0.05) is 5.56 Å². The summed E-state index contributed by atoms with van der Waals surface area (Å²) in [5.41, 5.74) is 1.02. The first kappa shape index (κ1) is 12.6. The topological polar surface area (TPSA) is 30.2 Å². The summed E-state index contributed by atoms with van der Waals surface area (Å²) in [7, 11) is 0. The molecular formula is C17H12O2S. The van der Waals surface area contributed by atoms with Gasteiger partial charge in [-0.2, -0.15) is 0 Å². The van der Waals surface area contributed by atoms with E-state index in [1.165, 1.54) is 11.3 Å². The van der Waals surface area contributed by atoms with E-state index in [0.29, 0.717) is 5.76 Å². The molecule has 3 heteroatoms. The predicted molar refractivity (Wildman–Crippen MR) is 81.8 cm³/mol. The molecule has 0 spiro atoms. The number of hydrogen-bond acceptors (Lipinski definition) is 3. The van der Waals surface area contributed by atoms with Crippen molar-refractivity contribution in [3.63, 3.8) is 0 Å². The Bertz CT molecular complexity index is 721. The van der Waals surface area contributed by atoms with Crippen LogP contribution in [0.3, 0.4) is 0 Å². The van der Waals surface area contributed by atoms with E-state index in [1.807, 2.05) is 60.0 Å². The summed E-state index contributed by atoms with van der Waals surface area (Å²) in [6, 6.07) is 17.3. The van der Waals surface area contributed by atoms with Crippen LogP contribution >= 0.6 is 11.3 Å². The summed E-state index contributed by atoms with van der Waals surface area (Å²) in [6.45, 7) is 0. The maximum atomic E-state index is 11.8. The minimum absolute atomic E-state index is 0.00217. The minimum atomic E-state index is -0.00217. The smallest absolute Gasteiger partial charge is 0.195 e. The van der Waals surface area contributed by atoms with Crippen LogP contribution in [0.2, 0.25) is 0 Å². The molecule has 0 aliphatic rings. The van der Waals surface area contributed by atoms with Crippen molar-refractivity contribution in [1.29, 1.82) is 0 Å². The van der Waals surface area contributed by atoms with E-state index in [9.17, 15) is 4.79 Å². The van der Waals surface area contributed by atoms with E-state index in [4.69, 9.17) is 4.42 Å². The number of rotatable bonds is 4. The standard InChI is InChI=1S/C17H12O2S/c18-15(17-7-4-12-20-17)10-8-14-9-11-16(19-14)13-5-2-1-3-6-13/h1-12H/b10-8+. The maximum absolute atomic E-state index is 11.8. The predicted octanol–water partition coefficient (Wildman–Crippen LogP) is 4.90. The third kappa shape index (κ3) is 2.78. The Morgan fingerprint density at radius 1 is 1.00 bits per heavy atom. The van der Waals surface area contributed by atoms with Crippen molar-refractivity contribution in [3.05, 3.63) is 76.7 Å². The van der Waals surface area contributed by atoms with Gasteiger partial charge in [-0.15, -0.1) is 11.3 Å². The summed E-state index contributed by atoms with van der Waals surface area (Å²) in [5.74, 6) is 1.47. The summed E-state index contributed by atoms with van der Waals surface area (Å²) in [6.07, 6.45) is 3.24. The lowest BCUT2D eigenvalue weighted by Crippen LogP contribution is -1.87. The lowest BCUT2D eigenvalue weighted by atomic mass is 10.2. The Labute approximate surface area is 121 Å². The Morgan fingerprint density at radius 3 is 2.60 bits per heavy atom. The molecule has 3 aromatic rings. The van der Waals surface area contributed by atoms with Crippen LogP contribution in [0.15, 0.2) is 70.5 Å². The van der Waals surface area contributed by atoms with E-state index in [0.717, 1.165) is 16.2 Å². The fourth-order valence-corrected chi connectivity index (χ4v) is 2.50. The van der Waals surface area contributed by atoms with Crippen molar-refractivity contribution in [2.75, 3.05) is 0 Å². The summed E-state index contributed by atoms with van der Waals surface area (Å²) < 4.78 is 5.70. The molecule has 0 unspecified atom stereocenters. The van der Waals surface area contributed by atoms with Crippen LogP contribution < -0.4 is 0 Å². The summed E-state index contributed by atoms with van der Waals surface area (Å²) in [4.78, 5) is 12.6. The normalized spacial score (nSPS) is 11.0. The average Bonchev–Trinajstić information content (AvgIpc) is 3.17. The Hall–Kier alpha value is -2.39. The zero-order valence-corrected chi connectivity index (χ0v) is 11.5. The molecule has 0 N–H and O–H groups in total. The number of carbonyl (C=O) groups excluding carboxylic acids is 1. The summed E-state index contributed by atoms with van der Waals surface area (Å²) in [5, 5.41) is 1.89. The molecule has 0 aliphatic carbocycles. The van der Waals surface area contributed by atoms with Crippen molar-refractivity contribution < 1.29 is 9.21 Å². The fourth-order valence-electron chi connectivity index (χ4n) is 1.86. The molecule has 3 rings (SSSR count). The van der Waals surface area contributed by atoms with Crippen LogP contribution in [0.5, 0.6) is 0 Å². The number of ketones is 1. The zero-order valence-electron chi connectivity index (χ0n) is 10.7. The fraction of sp³-hybridized carbons (Fsp3) is 0. The highest BCUT2D eigenvalue weighted by Gasteiger charge is 2.04. The lowest BCUT2D eigenvalue weighted by Gasteiger charge is -1.94. The van der Waals surface area contributed by atoms with E-state index in [2.05, 4.69) is 0 Å². The molecule has 0 bridgehead atoms. The quantitative estimate of drug-likeness (QED) is 0.502. The number of carbonyl (C=O) groups is 1. The van der Waals surface area contributed by atoms with Crippen LogP contribution in [0, 0.1) is 0 Å². The molecule has 2 aromatic heterocycles. The van der Waals surface area contributed by atoms with Crippen molar-refractivity contribution >= 4 is 23.2 Å². The van der Waals surface area contributed by atoms with Gasteiger partial charge in [-0.1, -0.05) is 36.4 Å². The minimum Gasteiger partial charge on any atom is -0.457 e. The molecule has 0 atom stereocenters. The van der Waals surface area contributed by atoms with Gasteiger partial charge in [0.2, 0.25) is 0 Å². The number of allylic oxidation sites excluding steroid dienone is 1. The van der Waals surface area contributed by atoms with E-state index < -0.39 is 0 Å². The van der Waals surface area contributed by atoms with Crippen LogP contribution in [-0.4, -0.2) is 5.78 Å². The molecule has 20 heavy (non-hydrogen) atoms. The highest BCUT2D eigenvalue weighted by molar-refractivity contribution is 7.12. The monoisotopic (exact) mass is 280 g/mol. The molecule has 0 radical (unpaired) electrons. The molecule has 0 amide bonds. The number of benzene rings is 1. The molecule has 0 saturated carbocycles. The third-order valence-corrected chi connectivity index (χ3v) is 3.73.